The fraction of sp³-hybridized carbons (Fsp3) is 0.800. The van der Waals surface area contributed by atoms with Crippen LogP contribution in [0.2, 0.25) is 0 Å². The SMILES string of the molecule is N#CC(CN1CCCCC1C(=O)O)C(F)(F)F. The smallest absolute Gasteiger partial charge is 0.405 e. The van der Waals surface area contributed by atoms with Crippen LogP contribution in [0.25, 0.3) is 0 Å². The van der Waals surface area contributed by atoms with Crippen LogP contribution < -0.4 is 0 Å². The number of alkyl halides is 3. The molecule has 0 aromatic rings. The molecule has 2 unspecified atom stereocenters. The first-order valence-electron chi connectivity index (χ1n) is 5.29. The van der Waals surface area contributed by atoms with Crippen LogP contribution >= 0.6 is 0 Å². The molecule has 96 valence electrons. The number of likely N-dealkylation sites (tertiary alicyclic amines) is 1. The Morgan fingerprint density at radius 1 is 1.53 bits per heavy atom. The van der Waals surface area contributed by atoms with E-state index in [1.807, 2.05) is 0 Å². The van der Waals surface area contributed by atoms with Gasteiger partial charge in [0.15, 0.2) is 5.92 Å². The molecule has 1 heterocycles. The van der Waals surface area contributed by atoms with Crippen molar-refractivity contribution < 1.29 is 23.1 Å². The minimum atomic E-state index is -4.60. The number of carboxylic acids is 1. The molecule has 4 nitrogen and oxygen atoms in total. The molecule has 0 aliphatic carbocycles. The number of piperidine rings is 1. The van der Waals surface area contributed by atoms with Gasteiger partial charge < -0.3 is 5.11 Å². The van der Waals surface area contributed by atoms with Crippen LogP contribution in [0.15, 0.2) is 0 Å². The zero-order valence-electron chi connectivity index (χ0n) is 9.07. The van der Waals surface area contributed by atoms with E-state index in [1.54, 1.807) is 0 Å². The van der Waals surface area contributed by atoms with Crippen molar-refractivity contribution in [1.29, 1.82) is 5.26 Å². The van der Waals surface area contributed by atoms with Crippen molar-refractivity contribution in [2.24, 2.45) is 5.92 Å². The van der Waals surface area contributed by atoms with Crippen molar-refractivity contribution in [2.75, 3.05) is 13.1 Å². The highest BCUT2D eigenvalue weighted by Crippen LogP contribution is 2.28. The van der Waals surface area contributed by atoms with Gasteiger partial charge >= 0.3 is 12.1 Å². The lowest BCUT2D eigenvalue weighted by Gasteiger charge is -2.34. The van der Waals surface area contributed by atoms with Gasteiger partial charge in [-0.25, -0.2) is 0 Å². The Morgan fingerprint density at radius 3 is 2.65 bits per heavy atom. The van der Waals surface area contributed by atoms with Crippen molar-refractivity contribution in [3.8, 4) is 6.07 Å². The number of hydrogen-bond donors (Lipinski definition) is 1. The second kappa shape index (κ2) is 5.36. The van der Waals surface area contributed by atoms with Crippen LogP contribution in [-0.4, -0.2) is 41.3 Å². The third-order valence-electron chi connectivity index (χ3n) is 2.87. The van der Waals surface area contributed by atoms with Crippen molar-refractivity contribution in [3.63, 3.8) is 0 Å². The second-order valence-electron chi connectivity index (χ2n) is 4.07. The Balaban J connectivity index is 2.71. The van der Waals surface area contributed by atoms with Crippen LogP contribution in [0.1, 0.15) is 19.3 Å². The first-order valence-corrected chi connectivity index (χ1v) is 5.29. The predicted octanol–water partition coefficient (Wildman–Crippen LogP) is 1.63. The number of halogens is 3. The Hall–Kier alpha value is -1.29. The number of nitriles is 1. The maximum atomic E-state index is 12.4. The summed E-state index contributed by atoms with van der Waals surface area (Å²) >= 11 is 0. The molecule has 0 bridgehead atoms. The summed E-state index contributed by atoms with van der Waals surface area (Å²) < 4.78 is 37.2. The number of hydrogen-bond acceptors (Lipinski definition) is 3. The average Bonchev–Trinajstić information content (AvgIpc) is 2.24. The molecular formula is C10H13F3N2O2. The summed E-state index contributed by atoms with van der Waals surface area (Å²) in [6, 6.07) is 0.288. The van der Waals surface area contributed by atoms with Crippen LogP contribution in [0.5, 0.6) is 0 Å². The Labute approximate surface area is 96.6 Å². The maximum Gasteiger partial charge on any atom is 0.405 e. The van der Waals surface area contributed by atoms with E-state index in [-0.39, 0.29) is 0 Å². The molecule has 7 heteroatoms. The lowest BCUT2D eigenvalue weighted by molar-refractivity contribution is -0.168. The Morgan fingerprint density at radius 2 is 2.18 bits per heavy atom. The van der Waals surface area contributed by atoms with Gasteiger partial charge in [-0.1, -0.05) is 6.42 Å². The zero-order chi connectivity index (χ0) is 13.1. The Bertz CT molecular complexity index is 324. The van der Waals surface area contributed by atoms with Crippen LogP contribution in [0.4, 0.5) is 13.2 Å². The third-order valence-corrected chi connectivity index (χ3v) is 2.87. The Kier molecular flexibility index (Phi) is 4.34. The predicted molar refractivity (Wildman–Crippen MR) is 52.0 cm³/mol. The van der Waals surface area contributed by atoms with E-state index < -0.39 is 30.7 Å². The highest BCUT2D eigenvalue weighted by atomic mass is 19.4. The maximum absolute atomic E-state index is 12.4. The number of rotatable bonds is 3. The topological polar surface area (TPSA) is 64.3 Å². The molecule has 0 aromatic heterocycles. The van der Waals surface area contributed by atoms with Gasteiger partial charge in [0.25, 0.3) is 0 Å². The number of carbonyl (C=O) groups is 1. The molecule has 1 fully saturated rings. The van der Waals surface area contributed by atoms with Gasteiger partial charge in [0.1, 0.15) is 6.04 Å². The van der Waals surface area contributed by atoms with Crippen molar-refractivity contribution in [1.82, 2.24) is 4.90 Å². The highest BCUT2D eigenvalue weighted by molar-refractivity contribution is 5.73. The van der Waals surface area contributed by atoms with Crippen molar-refractivity contribution in [2.45, 2.75) is 31.5 Å². The summed E-state index contributed by atoms with van der Waals surface area (Å²) in [6.45, 7) is -0.262. The van der Waals surface area contributed by atoms with E-state index in [4.69, 9.17) is 10.4 Å². The lowest BCUT2D eigenvalue weighted by atomic mass is 10.00. The molecule has 0 aromatic carbocycles. The normalized spacial score (nSPS) is 24.0. The summed E-state index contributed by atoms with van der Waals surface area (Å²) in [7, 11) is 0. The summed E-state index contributed by atoms with van der Waals surface area (Å²) in [5, 5.41) is 17.4. The molecule has 1 rings (SSSR count). The monoisotopic (exact) mass is 250 g/mol. The summed E-state index contributed by atoms with van der Waals surface area (Å²) in [4.78, 5) is 12.1. The first kappa shape index (κ1) is 13.8. The molecule has 0 radical (unpaired) electrons. The molecule has 0 amide bonds. The van der Waals surface area contributed by atoms with Gasteiger partial charge in [-0.05, 0) is 19.4 Å². The van der Waals surface area contributed by atoms with E-state index in [0.717, 1.165) is 0 Å². The first-order chi connectivity index (χ1) is 7.86. The largest absolute Gasteiger partial charge is 0.480 e. The van der Waals surface area contributed by atoms with Crippen molar-refractivity contribution in [3.05, 3.63) is 0 Å². The molecule has 17 heavy (non-hydrogen) atoms. The van der Waals surface area contributed by atoms with E-state index in [9.17, 15) is 18.0 Å². The average molecular weight is 250 g/mol. The third kappa shape index (κ3) is 3.60. The molecular weight excluding hydrogens is 237 g/mol. The fourth-order valence-electron chi connectivity index (χ4n) is 1.94. The van der Waals surface area contributed by atoms with Crippen molar-refractivity contribution >= 4 is 5.97 Å². The summed E-state index contributed by atoms with van der Waals surface area (Å²) in [5.41, 5.74) is 0. The highest BCUT2D eigenvalue weighted by Gasteiger charge is 2.42. The molecule has 1 saturated heterocycles. The minimum absolute atomic E-state index is 0.297. The van der Waals surface area contributed by atoms with E-state index in [0.29, 0.717) is 25.8 Å². The summed E-state index contributed by atoms with van der Waals surface area (Å²) in [5.74, 6) is -3.24. The van der Waals surface area contributed by atoms with Crippen LogP contribution in [-0.2, 0) is 4.79 Å². The lowest BCUT2D eigenvalue weighted by Crippen LogP contribution is -2.48. The molecule has 1 N–H and O–H groups in total. The standard InChI is InChI=1S/C10H13F3N2O2/c11-10(12,13)7(5-14)6-15-4-2-1-3-8(15)9(16)17/h7-8H,1-4,6H2,(H,16,17). The molecule has 0 spiro atoms. The summed E-state index contributed by atoms with van der Waals surface area (Å²) in [6.07, 6.45) is -2.91. The second-order valence-corrected chi connectivity index (χ2v) is 4.07. The molecule has 0 saturated carbocycles. The molecule has 2 atom stereocenters. The van der Waals surface area contributed by atoms with E-state index in [2.05, 4.69) is 0 Å². The van der Waals surface area contributed by atoms with Gasteiger partial charge in [0, 0.05) is 6.54 Å². The molecule has 1 aliphatic rings. The van der Waals surface area contributed by atoms with E-state index >= 15 is 0 Å². The van der Waals surface area contributed by atoms with Gasteiger partial charge in [-0.3, -0.25) is 9.69 Å². The van der Waals surface area contributed by atoms with Crippen LogP contribution in [0.3, 0.4) is 0 Å². The van der Waals surface area contributed by atoms with Gasteiger partial charge in [0.2, 0.25) is 0 Å². The van der Waals surface area contributed by atoms with Crippen LogP contribution in [0, 0.1) is 17.2 Å². The fourth-order valence-corrected chi connectivity index (χ4v) is 1.94. The van der Waals surface area contributed by atoms with Gasteiger partial charge in [-0.15, -0.1) is 0 Å². The number of carboxylic acid groups (broad SMARTS) is 1. The molecule has 1 aliphatic heterocycles. The van der Waals surface area contributed by atoms with Gasteiger partial charge in [-0.2, -0.15) is 18.4 Å². The number of aliphatic carboxylic acids is 1. The van der Waals surface area contributed by atoms with Gasteiger partial charge in [0.05, 0.1) is 6.07 Å². The zero-order valence-corrected chi connectivity index (χ0v) is 9.07. The number of nitrogens with zero attached hydrogens (tertiary/aromatic N) is 2. The quantitative estimate of drug-likeness (QED) is 0.826. The minimum Gasteiger partial charge on any atom is -0.480 e. The van der Waals surface area contributed by atoms with E-state index in [1.165, 1.54) is 11.0 Å².